The summed E-state index contributed by atoms with van der Waals surface area (Å²) in [6.45, 7) is 2.01. The van der Waals surface area contributed by atoms with Crippen molar-refractivity contribution < 1.29 is 14.6 Å². The average Bonchev–Trinajstić information content (AvgIpc) is 2.60. The third-order valence-electron chi connectivity index (χ3n) is 6.94. The van der Waals surface area contributed by atoms with Gasteiger partial charge in [-0.2, -0.15) is 0 Å². The van der Waals surface area contributed by atoms with Gasteiger partial charge in [-0.3, -0.25) is 25.0 Å². The molecule has 1 aromatic carbocycles. The van der Waals surface area contributed by atoms with Crippen LogP contribution in [-0.4, -0.2) is 21.8 Å². The topological polar surface area (TPSA) is 115 Å². The number of carbonyl (C=O) groups is 1. The number of non-ortho nitro benzene ring substituents is 2. The largest absolute Gasteiger partial charge is 0.349 e. The highest BCUT2D eigenvalue weighted by atomic mass is 16.6. The quantitative estimate of drug-likeness (QED) is 0.622. The maximum absolute atomic E-state index is 12.7. The number of nitro benzene ring substituents is 2. The molecule has 0 aliphatic heterocycles. The number of amides is 1. The van der Waals surface area contributed by atoms with Crippen LogP contribution in [0, 0.1) is 43.4 Å². The highest BCUT2D eigenvalue weighted by Gasteiger charge is 2.53. The highest BCUT2D eigenvalue weighted by molar-refractivity contribution is 5.95. The lowest BCUT2D eigenvalue weighted by molar-refractivity contribution is -0.394. The molecule has 27 heavy (non-hydrogen) atoms. The summed E-state index contributed by atoms with van der Waals surface area (Å²) in [6.07, 6.45) is 7.27. The molecule has 4 aliphatic carbocycles. The Hall–Kier alpha value is -2.51. The van der Waals surface area contributed by atoms with E-state index in [2.05, 4.69) is 5.32 Å². The van der Waals surface area contributed by atoms with Crippen molar-refractivity contribution in [2.24, 2.45) is 23.2 Å². The minimum Gasteiger partial charge on any atom is -0.349 e. The van der Waals surface area contributed by atoms with E-state index in [9.17, 15) is 25.0 Å². The van der Waals surface area contributed by atoms with Crippen LogP contribution in [0.4, 0.5) is 11.4 Å². The number of nitrogens with zero attached hydrogens (tertiary/aromatic N) is 2. The van der Waals surface area contributed by atoms with E-state index in [4.69, 9.17) is 0 Å². The highest BCUT2D eigenvalue weighted by Crippen LogP contribution is 2.61. The van der Waals surface area contributed by atoms with Gasteiger partial charge in [0.25, 0.3) is 17.3 Å². The second-order valence-electron chi connectivity index (χ2n) is 8.73. The first-order valence-corrected chi connectivity index (χ1v) is 9.50. The second-order valence-corrected chi connectivity index (χ2v) is 8.73. The lowest BCUT2D eigenvalue weighted by Crippen LogP contribution is -2.55. The van der Waals surface area contributed by atoms with Gasteiger partial charge < -0.3 is 5.32 Å². The van der Waals surface area contributed by atoms with E-state index in [-0.39, 0.29) is 17.0 Å². The molecule has 4 bridgehead atoms. The zero-order valence-electron chi connectivity index (χ0n) is 15.2. The number of hydrogen-bond donors (Lipinski definition) is 1. The first-order chi connectivity index (χ1) is 12.8. The lowest BCUT2D eigenvalue weighted by atomic mass is 9.48. The number of carbonyl (C=O) groups excluding carboxylic acids is 1. The molecule has 1 amide bonds. The molecular weight excluding hydrogens is 350 g/mol. The molecule has 144 valence electrons. The van der Waals surface area contributed by atoms with Crippen molar-refractivity contribution in [1.82, 2.24) is 5.32 Å². The molecule has 1 atom stereocenters. The fourth-order valence-electron chi connectivity index (χ4n) is 6.08. The molecule has 4 saturated carbocycles. The Morgan fingerprint density at radius 1 is 1.00 bits per heavy atom. The Labute approximate surface area is 156 Å². The Morgan fingerprint density at radius 3 is 1.85 bits per heavy atom. The van der Waals surface area contributed by atoms with Crippen LogP contribution in [0.3, 0.4) is 0 Å². The van der Waals surface area contributed by atoms with Gasteiger partial charge in [-0.05, 0) is 68.6 Å². The van der Waals surface area contributed by atoms with Crippen molar-refractivity contribution in [3.63, 3.8) is 0 Å². The predicted molar refractivity (Wildman–Crippen MR) is 97.3 cm³/mol. The van der Waals surface area contributed by atoms with E-state index >= 15 is 0 Å². The molecule has 8 heteroatoms. The van der Waals surface area contributed by atoms with Gasteiger partial charge in [-0.15, -0.1) is 0 Å². The van der Waals surface area contributed by atoms with Crippen molar-refractivity contribution in [3.05, 3.63) is 44.0 Å². The molecule has 0 aromatic heterocycles. The number of nitrogens with one attached hydrogen (secondary N) is 1. The van der Waals surface area contributed by atoms with Crippen molar-refractivity contribution in [1.29, 1.82) is 0 Å². The van der Waals surface area contributed by atoms with Crippen LogP contribution in [0.25, 0.3) is 0 Å². The van der Waals surface area contributed by atoms with Crippen LogP contribution >= 0.6 is 0 Å². The van der Waals surface area contributed by atoms with Crippen molar-refractivity contribution in [2.45, 2.75) is 51.5 Å². The van der Waals surface area contributed by atoms with Gasteiger partial charge in [0.15, 0.2) is 0 Å². The molecule has 4 fully saturated rings. The lowest BCUT2D eigenvalue weighted by Gasteiger charge is -2.59. The molecule has 0 radical (unpaired) electrons. The van der Waals surface area contributed by atoms with Crippen LogP contribution < -0.4 is 5.32 Å². The van der Waals surface area contributed by atoms with Crippen molar-refractivity contribution in [2.75, 3.05) is 0 Å². The summed E-state index contributed by atoms with van der Waals surface area (Å²) in [7, 11) is 0. The van der Waals surface area contributed by atoms with E-state index in [1.54, 1.807) is 0 Å². The Balaban J connectivity index is 1.55. The molecule has 0 spiro atoms. The zero-order chi connectivity index (χ0) is 19.3. The monoisotopic (exact) mass is 373 g/mol. The third kappa shape index (κ3) is 3.17. The van der Waals surface area contributed by atoms with Crippen LogP contribution in [0.1, 0.15) is 55.8 Å². The standard InChI is InChI=1S/C19H23N3O5/c1-11(19-8-12-2-13(9-19)4-14(3-12)10-19)20-18(23)15-5-16(21(24)25)7-17(6-15)22(26)27/h5-7,11-14H,2-4,8-10H2,1H3,(H,20,23)/t11-,12?,13?,14?,19?/m0/s1. The average molecular weight is 373 g/mol. The van der Waals surface area contributed by atoms with Gasteiger partial charge in [0.2, 0.25) is 0 Å². The van der Waals surface area contributed by atoms with E-state index in [0.717, 1.165) is 55.2 Å². The predicted octanol–water partition coefficient (Wildman–Crippen LogP) is 3.84. The Kier molecular flexibility index (Phi) is 4.16. The molecule has 1 aromatic rings. The van der Waals surface area contributed by atoms with Gasteiger partial charge in [0, 0.05) is 18.2 Å². The van der Waals surface area contributed by atoms with Crippen LogP contribution in [-0.2, 0) is 0 Å². The molecular formula is C19H23N3O5. The summed E-state index contributed by atoms with van der Waals surface area (Å²) >= 11 is 0. The molecule has 4 aliphatic rings. The maximum atomic E-state index is 12.7. The fourth-order valence-corrected chi connectivity index (χ4v) is 6.08. The number of rotatable bonds is 5. The van der Waals surface area contributed by atoms with Crippen LogP contribution in [0.2, 0.25) is 0 Å². The molecule has 8 nitrogen and oxygen atoms in total. The summed E-state index contributed by atoms with van der Waals surface area (Å²) in [4.78, 5) is 33.4. The fraction of sp³-hybridized carbons (Fsp3) is 0.632. The van der Waals surface area contributed by atoms with Crippen LogP contribution in [0.15, 0.2) is 18.2 Å². The van der Waals surface area contributed by atoms with E-state index in [0.29, 0.717) is 0 Å². The van der Waals surface area contributed by atoms with Gasteiger partial charge >= 0.3 is 0 Å². The summed E-state index contributed by atoms with van der Waals surface area (Å²) in [5, 5.41) is 25.1. The van der Waals surface area contributed by atoms with Gasteiger partial charge in [-0.1, -0.05) is 0 Å². The summed E-state index contributed by atoms with van der Waals surface area (Å²) in [5.41, 5.74) is -0.835. The van der Waals surface area contributed by atoms with Crippen molar-refractivity contribution in [3.8, 4) is 0 Å². The molecule has 0 unspecified atom stereocenters. The van der Waals surface area contributed by atoms with E-state index in [1.807, 2.05) is 6.92 Å². The molecule has 1 N–H and O–H groups in total. The number of benzene rings is 1. The zero-order valence-corrected chi connectivity index (χ0v) is 15.2. The maximum Gasteiger partial charge on any atom is 0.277 e. The Morgan fingerprint density at radius 2 is 1.44 bits per heavy atom. The minimum absolute atomic E-state index is 0.0347. The van der Waals surface area contributed by atoms with Crippen LogP contribution in [0.5, 0.6) is 0 Å². The first kappa shape index (κ1) is 17.9. The molecule has 0 saturated heterocycles. The minimum atomic E-state index is -0.716. The van der Waals surface area contributed by atoms with Gasteiger partial charge in [0.05, 0.1) is 21.5 Å². The Bertz CT molecular complexity index is 754. The number of nitro groups is 2. The normalized spacial score (nSPS) is 32.1. The summed E-state index contributed by atoms with van der Waals surface area (Å²) in [6, 6.07) is 3.03. The molecule has 0 heterocycles. The number of hydrogen-bond acceptors (Lipinski definition) is 5. The van der Waals surface area contributed by atoms with Gasteiger partial charge in [0.1, 0.15) is 0 Å². The van der Waals surface area contributed by atoms with E-state index < -0.39 is 27.1 Å². The van der Waals surface area contributed by atoms with Gasteiger partial charge in [-0.25, -0.2) is 0 Å². The SMILES string of the molecule is C[C@H](NC(=O)c1cc([N+](=O)[O-])cc([N+](=O)[O-])c1)C12CC3CC(CC(C3)C1)C2. The third-order valence-corrected chi connectivity index (χ3v) is 6.94. The van der Waals surface area contributed by atoms with Crippen molar-refractivity contribution >= 4 is 17.3 Å². The summed E-state index contributed by atoms with van der Waals surface area (Å²) in [5.74, 6) is 1.75. The smallest absolute Gasteiger partial charge is 0.277 e. The second kappa shape index (κ2) is 6.28. The summed E-state index contributed by atoms with van der Waals surface area (Å²) < 4.78 is 0. The molecule has 5 rings (SSSR count). The first-order valence-electron chi connectivity index (χ1n) is 9.50. The van der Waals surface area contributed by atoms with E-state index in [1.165, 1.54) is 19.3 Å².